The number of H-pyrrole nitrogens is 1. The summed E-state index contributed by atoms with van der Waals surface area (Å²) in [6.45, 7) is 4.28. The van der Waals surface area contributed by atoms with Crippen LogP contribution in [-0.4, -0.2) is 36.9 Å². The minimum absolute atomic E-state index is 0.216. The molecule has 1 aromatic heterocycles. The summed E-state index contributed by atoms with van der Waals surface area (Å²) in [5.41, 5.74) is -1.48. The summed E-state index contributed by atoms with van der Waals surface area (Å²) in [4.78, 5) is 0. The highest BCUT2D eigenvalue weighted by Crippen LogP contribution is 2.49. The number of aromatic amines is 1. The number of nitrogens with zero attached hydrogens (tertiary/aromatic N) is 1. The van der Waals surface area contributed by atoms with Crippen LogP contribution in [0.4, 0.5) is 13.2 Å². The van der Waals surface area contributed by atoms with Gasteiger partial charge in [-0.1, -0.05) is 6.92 Å². The quantitative estimate of drug-likeness (QED) is 0.733. The molecule has 1 aliphatic carbocycles. The van der Waals surface area contributed by atoms with Gasteiger partial charge in [-0.25, -0.2) is 8.42 Å². The first-order valence-electron chi connectivity index (χ1n) is 6.48. The van der Waals surface area contributed by atoms with Crippen LogP contribution in [0.3, 0.4) is 0 Å². The van der Waals surface area contributed by atoms with Crippen LogP contribution in [-0.2, 0) is 16.6 Å². The molecule has 0 amide bonds. The van der Waals surface area contributed by atoms with Gasteiger partial charge in [0.1, 0.15) is 5.54 Å². The number of hydrogen-bond donors (Lipinski definition) is 3. The van der Waals surface area contributed by atoms with E-state index in [0.717, 1.165) is 0 Å². The smallest absolute Gasteiger partial charge is 0.313 e. The normalized spacial score (nSPS) is 18.0. The number of rotatable bonds is 6. The molecule has 120 valence electrons. The van der Waals surface area contributed by atoms with E-state index in [1.54, 1.807) is 11.6 Å². The fourth-order valence-corrected chi connectivity index (χ4v) is 3.63. The van der Waals surface area contributed by atoms with Crippen LogP contribution in [0, 0.1) is 6.92 Å². The van der Waals surface area contributed by atoms with Crippen molar-refractivity contribution in [2.45, 2.75) is 50.0 Å². The fraction of sp³-hybridized carbons (Fsp3) is 0.727. The van der Waals surface area contributed by atoms with E-state index in [-0.39, 0.29) is 24.4 Å². The minimum atomic E-state index is -4.60. The van der Waals surface area contributed by atoms with E-state index in [9.17, 15) is 21.6 Å². The molecular formula is C11H17F3N4O2S. The molecule has 3 N–H and O–H groups in total. The lowest BCUT2D eigenvalue weighted by Gasteiger charge is -2.20. The molecule has 2 rings (SSSR count). The second-order valence-electron chi connectivity index (χ2n) is 5.10. The average Bonchev–Trinajstić information content (AvgIpc) is 3.03. The number of aryl methyl sites for hydroxylation is 1. The zero-order valence-electron chi connectivity index (χ0n) is 11.6. The van der Waals surface area contributed by atoms with Gasteiger partial charge in [-0.05, 0) is 26.3 Å². The lowest BCUT2D eigenvalue weighted by atomic mass is 10.2. The maximum Gasteiger partial charge on any atom is 0.407 e. The van der Waals surface area contributed by atoms with Crippen molar-refractivity contribution in [2.24, 2.45) is 0 Å². The fourth-order valence-electron chi connectivity index (χ4n) is 1.98. The third-order valence-electron chi connectivity index (χ3n) is 3.46. The van der Waals surface area contributed by atoms with Gasteiger partial charge in [0, 0.05) is 17.8 Å². The Hall–Kier alpha value is -1.13. The van der Waals surface area contributed by atoms with Crippen molar-refractivity contribution in [3.8, 4) is 0 Å². The Morgan fingerprint density at radius 2 is 2.00 bits per heavy atom. The molecule has 10 heteroatoms. The number of aromatic nitrogens is 2. The number of halogens is 3. The van der Waals surface area contributed by atoms with E-state index in [4.69, 9.17) is 0 Å². The highest BCUT2D eigenvalue weighted by Gasteiger charge is 2.65. The van der Waals surface area contributed by atoms with E-state index in [0.29, 0.717) is 17.8 Å². The highest BCUT2D eigenvalue weighted by atomic mass is 32.2. The summed E-state index contributed by atoms with van der Waals surface area (Å²) in [5.74, 6) is 0. The molecule has 0 bridgehead atoms. The maximum absolute atomic E-state index is 12.9. The molecular weight excluding hydrogens is 309 g/mol. The second kappa shape index (κ2) is 5.25. The van der Waals surface area contributed by atoms with Gasteiger partial charge >= 0.3 is 6.18 Å². The predicted molar refractivity (Wildman–Crippen MR) is 69.0 cm³/mol. The molecule has 0 aliphatic heterocycles. The lowest BCUT2D eigenvalue weighted by Crippen LogP contribution is -2.48. The van der Waals surface area contributed by atoms with Crippen LogP contribution in [0.1, 0.15) is 31.0 Å². The van der Waals surface area contributed by atoms with Crippen LogP contribution in [0.2, 0.25) is 0 Å². The van der Waals surface area contributed by atoms with Crippen molar-refractivity contribution < 1.29 is 21.6 Å². The van der Waals surface area contributed by atoms with Gasteiger partial charge in [0.2, 0.25) is 0 Å². The first-order chi connectivity index (χ1) is 9.63. The van der Waals surface area contributed by atoms with E-state index >= 15 is 0 Å². The van der Waals surface area contributed by atoms with E-state index in [1.807, 2.05) is 6.92 Å². The summed E-state index contributed by atoms with van der Waals surface area (Å²) in [5, 5.41) is 8.72. The Balaban J connectivity index is 2.29. The molecule has 1 aliphatic rings. The summed E-state index contributed by atoms with van der Waals surface area (Å²) in [7, 11) is -4.33. The average molecular weight is 326 g/mol. The van der Waals surface area contributed by atoms with Gasteiger partial charge in [0.05, 0.1) is 0 Å². The van der Waals surface area contributed by atoms with Gasteiger partial charge in [0.25, 0.3) is 10.0 Å². The first kappa shape index (κ1) is 16.2. The maximum atomic E-state index is 12.9. The topological polar surface area (TPSA) is 86.9 Å². The Morgan fingerprint density at radius 3 is 2.48 bits per heavy atom. The molecule has 0 saturated heterocycles. The van der Waals surface area contributed by atoms with Crippen LogP contribution in [0.5, 0.6) is 0 Å². The summed E-state index contributed by atoms with van der Waals surface area (Å²) in [6.07, 6.45) is -5.10. The monoisotopic (exact) mass is 326 g/mol. The Kier molecular flexibility index (Phi) is 4.06. The SMILES string of the molecule is CCNCc1c(S(=O)(=O)NC2(C(F)(F)F)CC2)n[nH]c1C. The van der Waals surface area contributed by atoms with Gasteiger partial charge in [-0.15, -0.1) is 0 Å². The van der Waals surface area contributed by atoms with Gasteiger partial charge < -0.3 is 5.32 Å². The van der Waals surface area contributed by atoms with Crippen LogP contribution >= 0.6 is 0 Å². The lowest BCUT2D eigenvalue weighted by molar-refractivity contribution is -0.160. The van der Waals surface area contributed by atoms with Crippen molar-refractivity contribution in [3.05, 3.63) is 11.3 Å². The van der Waals surface area contributed by atoms with E-state index < -0.39 is 21.7 Å². The molecule has 0 atom stereocenters. The third kappa shape index (κ3) is 3.06. The van der Waals surface area contributed by atoms with Crippen molar-refractivity contribution in [1.29, 1.82) is 0 Å². The van der Waals surface area contributed by atoms with Gasteiger partial charge in [-0.3, -0.25) is 5.10 Å². The van der Waals surface area contributed by atoms with Crippen molar-refractivity contribution in [1.82, 2.24) is 20.2 Å². The van der Waals surface area contributed by atoms with Gasteiger partial charge in [0.15, 0.2) is 5.03 Å². The molecule has 0 aromatic carbocycles. The van der Waals surface area contributed by atoms with E-state index in [1.165, 1.54) is 0 Å². The largest absolute Gasteiger partial charge is 0.407 e. The highest BCUT2D eigenvalue weighted by molar-refractivity contribution is 7.89. The summed E-state index contributed by atoms with van der Waals surface area (Å²) >= 11 is 0. The first-order valence-corrected chi connectivity index (χ1v) is 7.96. The van der Waals surface area contributed by atoms with E-state index in [2.05, 4.69) is 15.5 Å². The number of alkyl halides is 3. The zero-order valence-corrected chi connectivity index (χ0v) is 12.5. The molecule has 1 heterocycles. The molecule has 1 aromatic rings. The minimum Gasteiger partial charge on any atom is -0.313 e. The number of sulfonamides is 1. The standard InChI is InChI=1S/C11H17F3N4O2S/c1-3-15-6-8-7(2)16-17-9(8)21(19,20)18-10(4-5-10)11(12,13)14/h15,18H,3-6H2,1-2H3,(H,16,17). The molecule has 0 unspecified atom stereocenters. The molecule has 1 fully saturated rings. The molecule has 0 radical (unpaired) electrons. The Morgan fingerprint density at radius 1 is 1.38 bits per heavy atom. The Labute approximate surface area is 120 Å². The predicted octanol–water partition coefficient (Wildman–Crippen LogP) is 1.20. The molecule has 0 spiro atoms. The third-order valence-corrected chi connectivity index (χ3v) is 4.97. The number of nitrogens with one attached hydrogen (secondary N) is 3. The molecule has 1 saturated carbocycles. The van der Waals surface area contributed by atoms with Crippen molar-refractivity contribution >= 4 is 10.0 Å². The van der Waals surface area contributed by atoms with Crippen molar-refractivity contribution in [2.75, 3.05) is 6.54 Å². The zero-order chi connectivity index (χ0) is 15.9. The summed E-state index contributed by atoms with van der Waals surface area (Å²) in [6, 6.07) is 0. The van der Waals surface area contributed by atoms with Crippen LogP contribution in [0.15, 0.2) is 5.03 Å². The van der Waals surface area contributed by atoms with Crippen LogP contribution in [0.25, 0.3) is 0 Å². The van der Waals surface area contributed by atoms with Gasteiger partial charge in [-0.2, -0.15) is 23.0 Å². The molecule has 6 nitrogen and oxygen atoms in total. The second-order valence-corrected chi connectivity index (χ2v) is 6.70. The Bertz CT molecular complexity index is 620. The summed E-state index contributed by atoms with van der Waals surface area (Å²) < 4.78 is 64.8. The van der Waals surface area contributed by atoms with Crippen molar-refractivity contribution in [3.63, 3.8) is 0 Å². The van der Waals surface area contributed by atoms with Crippen LogP contribution < -0.4 is 10.0 Å². The molecule has 21 heavy (non-hydrogen) atoms. The number of hydrogen-bond acceptors (Lipinski definition) is 4.